The van der Waals surface area contributed by atoms with Gasteiger partial charge in [0.25, 0.3) is 6.43 Å². The third-order valence-electron chi connectivity index (χ3n) is 1.49. The molecule has 2 nitrogen and oxygen atoms in total. The highest BCUT2D eigenvalue weighted by Crippen LogP contribution is 2.20. The second kappa shape index (κ2) is 3.44. The molecule has 0 saturated carbocycles. The van der Waals surface area contributed by atoms with Gasteiger partial charge in [-0.3, -0.25) is 0 Å². The average Bonchev–Trinajstić information content (AvgIpc) is 2.09. The molecule has 0 aliphatic heterocycles. The topological polar surface area (TPSA) is 36.7 Å². The number of nitriles is 1. The number of hydrogen-bond donors (Lipinski definition) is 0. The van der Waals surface area contributed by atoms with Crippen molar-refractivity contribution in [1.29, 1.82) is 5.26 Å². The fourth-order valence-corrected chi connectivity index (χ4v) is 0.868. The van der Waals surface area contributed by atoms with Crippen LogP contribution in [0.1, 0.15) is 23.4 Å². The van der Waals surface area contributed by atoms with Gasteiger partial charge in [0.1, 0.15) is 11.8 Å². The molecule has 0 amide bonds. The Labute approximate surface area is 72.6 Å². The molecule has 0 aliphatic rings. The molecule has 0 aromatic carbocycles. The zero-order chi connectivity index (χ0) is 10.0. The lowest BCUT2D eigenvalue weighted by Crippen LogP contribution is -1.99. The summed E-state index contributed by atoms with van der Waals surface area (Å²) in [6.07, 6.45) is -2.79. The SMILES string of the molecule is Cc1cc(C(F)F)nc(C#N)c1F. The van der Waals surface area contributed by atoms with E-state index in [1.807, 2.05) is 0 Å². The molecule has 1 aromatic rings. The molecule has 0 N–H and O–H groups in total. The molecule has 5 heteroatoms. The molecule has 1 rings (SSSR count). The minimum Gasteiger partial charge on any atom is -0.233 e. The number of rotatable bonds is 1. The number of nitrogens with zero attached hydrogens (tertiary/aromatic N) is 2. The second-order valence-corrected chi connectivity index (χ2v) is 2.44. The Morgan fingerprint density at radius 3 is 2.62 bits per heavy atom. The van der Waals surface area contributed by atoms with Crippen LogP contribution in [-0.4, -0.2) is 4.98 Å². The predicted octanol–water partition coefficient (Wildman–Crippen LogP) is 2.34. The average molecular weight is 186 g/mol. The summed E-state index contributed by atoms with van der Waals surface area (Å²) in [5, 5.41) is 8.35. The zero-order valence-electron chi connectivity index (χ0n) is 6.68. The Morgan fingerprint density at radius 1 is 1.54 bits per heavy atom. The van der Waals surface area contributed by atoms with Crippen molar-refractivity contribution < 1.29 is 13.2 Å². The van der Waals surface area contributed by atoms with E-state index in [1.54, 1.807) is 0 Å². The fourth-order valence-electron chi connectivity index (χ4n) is 0.868. The van der Waals surface area contributed by atoms with Crippen molar-refractivity contribution in [3.05, 3.63) is 28.8 Å². The van der Waals surface area contributed by atoms with Gasteiger partial charge < -0.3 is 0 Å². The Bertz CT molecular complexity index is 368. The molecule has 1 aromatic heterocycles. The van der Waals surface area contributed by atoms with Crippen molar-refractivity contribution in [1.82, 2.24) is 4.98 Å². The maximum atomic E-state index is 12.9. The van der Waals surface area contributed by atoms with Crippen LogP contribution in [0.4, 0.5) is 13.2 Å². The first kappa shape index (κ1) is 9.52. The quantitative estimate of drug-likeness (QED) is 0.674. The Kier molecular flexibility index (Phi) is 2.52. The van der Waals surface area contributed by atoms with Crippen LogP contribution in [0, 0.1) is 24.1 Å². The summed E-state index contributed by atoms with van der Waals surface area (Å²) in [5.74, 6) is -0.841. The van der Waals surface area contributed by atoms with Gasteiger partial charge >= 0.3 is 0 Å². The third-order valence-corrected chi connectivity index (χ3v) is 1.49. The van der Waals surface area contributed by atoms with Crippen LogP contribution in [0.2, 0.25) is 0 Å². The minimum absolute atomic E-state index is 0.00171. The molecule has 0 saturated heterocycles. The van der Waals surface area contributed by atoms with E-state index in [0.29, 0.717) is 0 Å². The first-order chi connectivity index (χ1) is 6.06. The Morgan fingerprint density at radius 2 is 2.15 bits per heavy atom. The van der Waals surface area contributed by atoms with Crippen LogP contribution >= 0.6 is 0 Å². The summed E-state index contributed by atoms with van der Waals surface area (Å²) in [7, 11) is 0. The normalized spacial score (nSPS) is 10.2. The van der Waals surface area contributed by atoms with Gasteiger partial charge in [0, 0.05) is 0 Å². The molecule has 1 heterocycles. The summed E-state index contributed by atoms with van der Waals surface area (Å²) in [6.45, 7) is 1.31. The van der Waals surface area contributed by atoms with Gasteiger partial charge in [-0.15, -0.1) is 0 Å². The van der Waals surface area contributed by atoms with E-state index < -0.39 is 23.6 Å². The monoisotopic (exact) mass is 186 g/mol. The lowest BCUT2D eigenvalue weighted by Gasteiger charge is -2.02. The van der Waals surface area contributed by atoms with E-state index in [0.717, 1.165) is 6.07 Å². The molecular weight excluding hydrogens is 181 g/mol. The minimum atomic E-state index is -2.79. The molecule has 0 unspecified atom stereocenters. The summed E-state index contributed by atoms with van der Waals surface area (Å²) in [6, 6.07) is 2.34. The van der Waals surface area contributed by atoms with Crippen LogP contribution in [0.25, 0.3) is 0 Å². The standard InChI is InChI=1S/C8H5F3N2/c1-4-2-5(8(10)11)13-6(3-12)7(4)9/h2,8H,1H3. The largest absolute Gasteiger partial charge is 0.280 e. The number of pyridine rings is 1. The van der Waals surface area contributed by atoms with Gasteiger partial charge in [-0.25, -0.2) is 18.2 Å². The van der Waals surface area contributed by atoms with Crippen molar-refractivity contribution in [2.75, 3.05) is 0 Å². The van der Waals surface area contributed by atoms with Crippen molar-refractivity contribution in [2.45, 2.75) is 13.3 Å². The van der Waals surface area contributed by atoms with Crippen molar-refractivity contribution in [2.24, 2.45) is 0 Å². The molecule has 0 fully saturated rings. The van der Waals surface area contributed by atoms with Crippen LogP contribution in [0.3, 0.4) is 0 Å². The van der Waals surface area contributed by atoms with E-state index in [9.17, 15) is 13.2 Å². The number of aryl methyl sites for hydroxylation is 1. The van der Waals surface area contributed by atoms with Crippen molar-refractivity contribution in [3.8, 4) is 6.07 Å². The predicted molar refractivity (Wildman–Crippen MR) is 38.6 cm³/mol. The third kappa shape index (κ3) is 1.78. The molecule has 68 valence electrons. The van der Waals surface area contributed by atoms with Gasteiger partial charge in [0.15, 0.2) is 11.5 Å². The van der Waals surface area contributed by atoms with E-state index in [4.69, 9.17) is 5.26 Å². The fraction of sp³-hybridized carbons (Fsp3) is 0.250. The number of hydrogen-bond acceptors (Lipinski definition) is 2. The highest BCUT2D eigenvalue weighted by Gasteiger charge is 2.14. The number of halogens is 3. The maximum absolute atomic E-state index is 12.9. The van der Waals surface area contributed by atoms with Crippen LogP contribution in [-0.2, 0) is 0 Å². The molecule has 0 bridgehead atoms. The second-order valence-electron chi connectivity index (χ2n) is 2.44. The van der Waals surface area contributed by atoms with Gasteiger partial charge in [-0.2, -0.15) is 5.26 Å². The van der Waals surface area contributed by atoms with Crippen molar-refractivity contribution >= 4 is 0 Å². The van der Waals surface area contributed by atoms with Gasteiger partial charge in [-0.1, -0.05) is 0 Å². The van der Waals surface area contributed by atoms with E-state index in [2.05, 4.69) is 4.98 Å². The summed E-state index contributed by atoms with van der Waals surface area (Å²) < 4.78 is 37.1. The highest BCUT2D eigenvalue weighted by molar-refractivity contribution is 5.30. The molecule has 0 aliphatic carbocycles. The molecule has 0 spiro atoms. The number of alkyl halides is 2. The number of aromatic nitrogens is 1. The lowest BCUT2D eigenvalue weighted by molar-refractivity contribution is 0.145. The van der Waals surface area contributed by atoms with E-state index in [-0.39, 0.29) is 5.56 Å². The van der Waals surface area contributed by atoms with Crippen LogP contribution < -0.4 is 0 Å². The van der Waals surface area contributed by atoms with Gasteiger partial charge in [0.05, 0.1) is 0 Å². The Hall–Kier alpha value is -1.57. The van der Waals surface area contributed by atoms with E-state index >= 15 is 0 Å². The zero-order valence-corrected chi connectivity index (χ0v) is 6.68. The summed E-state index contributed by atoms with van der Waals surface area (Å²) >= 11 is 0. The lowest BCUT2D eigenvalue weighted by atomic mass is 10.2. The van der Waals surface area contributed by atoms with Gasteiger partial charge in [-0.05, 0) is 18.6 Å². The first-order valence-electron chi connectivity index (χ1n) is 3.41. The van der Waals surface area contributed by atoms with Crippen LogP contribution in [0.15, 0.2) is 6.07 Å². The smallest absolute Gasteiger partial charge is 0.233 e. The molecule has 13 heavy (non-hydrogen) atoms. The molecule has 0 atom stereocenters. The molecule has 0 radical (unpaired) electrons. The summed E-state index contributed by atoms with van der Waals surface area (Å²) in [5.41, 5.74) is -1.16. The molecular formula is C8H5F3N2. The van der Waals surface area contributed by atoms with Crippen molar-refractivity contribution in [3.63, 3.8) is 0 Å². The maximum Gasteiger partial charge on any atom is 0.280 e. The Balaban J connectivity index is 3.32. The summed E-state index contributed by atoms with van der Waals surface area (Å²) in [4.78, 5) is 3.16. The van der Waals surface area contributed by atoms with E-state index in [1.165, 1.54) is 13.0 Å². The highest BCUT2D eigenvalue weighted by atomic mass is 19.3. The first-order valence-corrected chi connectivity index (χ1v) is 3.41. The van der Waals surface area contributed by atoms with Crippen LogP contribution in [0.5, 0.6) is 0 Å². The van der Waals surface area contributed by atoms with Gasteiger partial charge in [0.2, 0.25) is 0 Å².